The zero-order chi connectivity index (χ0) is 10.1. The van der Waals surface area contributed by atoms with Gasteiger partial charge in [-0.1, -0.05) is 13.8 Å². The van der Waals surface area contributed by atoms with Crippen molar-refractivity contribution in [3.63, 3.8) is 0 Å². The maximum atomic E-state index is 10.7. The minimum atomic E-state index is -4.03. The second-order valence-electron chi connectivity index (χ2n) is 4.27. The molecular formula is C9H17NaO3S. The summed E-state index contributed by atoms with van der Waals surface area (Å²) in [6, 6.07) is 0. The molecule has 0 atom stereocenters. The van der Waals surface area contributed by atoms with E-state index in [4.69, 9.17) is 0 Å². The van der Waals surface area contributed by atoms with Crippen LogP contribution in [-0.4, -0.2) is 18.2 Å². The predicted octanol–water partition coefficient (Wildman–Crippen LogP) is -1.25. The van der Waals surface area contributed by atoms with Gasteiger partial charge in [0.15, 0.2) is 0 Å². The Bertz CT molecular complexity index is 253. The van der Waals surface area contributed by atoms with Gasteiger partial charge in [-0.25, -0.2) is 8.42 Å². The maximum absolute atomic E-state index is 10.7. The molecule has 0 aromatic heterocycles. The fourth-order valence-electron chi connectivity index (χ4n) is 2.04. The summed E-state index contributed by atoms with van der Waals surface area (Å²) in [5.74, 6) is 1.22. The molecule has 1 saturated carbocycles. The number of hydrogen-bond acceptors (Lipinski definition) is 3. The summed E-state index contributed by atoms with van der Waals surface area (Å²) in [4.78, 5) is 0. The fraction of sp³-hybridized carbons (Fsp3) is 1.00. The van der Waals surface area contributed by atoms with Crippen molar-refractivity contribution in [1.29, 1.82) is 0 Å². The van der Waals surface area contributed by atoms with Crippen LogP contribution < -0.4 is 29.6 Å². The SMILES string of the molecule is CC(C)C1CCC(S(=O)(=O)[O-])CC1.[Na+]. The Morgan fingerprint density at radius 1 is 1.14 bits per heavy atom. The van der Waals surface area contributed by atoms with E-state index in [1.807, 2.05) is 0 Å². The van der Waals surface area contributed by atoms with Crippen LogP contribution in [0.5, 0.6) is 0 Å². The van der Waals surface area contributed by atoms with E-state index in [0.29, 0.717) is 24.7 Å². The molecule has 78 valence electrons. The second kappa shape index (κ2) is 5.85. The molecule has 0 amide bonds. The summed E-state index contributed by atoms with van der Waals surface area (Å²) in [6.45, 7) is 4.30. The van der Waals surface area contributed by atoms with E-state index in [1.165, 1.54) is 0 Å². The standard InChI is InChI=1S/C9H18O3S.Na/c1-7(2)8-3-5-9(6-4-8)13(10,11)12;/h7-9H,3-6H2,1-2H3,(H,10,11,12);/q;+1/p-1. The van der Waals surface area contributed by atoms with Crippen molar-refractivity contribution in [2.75, 3.05) is 0 Å². The van der Waals surface area contributed by atoms with E-state index in [-0.39, 0.29) is 29.6 Å². The Labute approximate surface area is 109 Å². The smallest absolute Gasteiger partial charge is 0.748 e. The zero-order valence-corrected chi connectivity index (χ0v) is 12.0. The Hall–Kier alpha value is 0.910. The summed E-state index contributed by atoms with van der Waals surface area (Å²) in [6.07, 6.45) is 2.91. The molecule has 1 fully saturated rings. The van der Waals surface area contributed by atoms with E-state index >= 15 is 0 Å². The molecule has 0 radical (unpaired) electrons. The number of rotatable bonds is 2. The first kappa shape index (κ1) is 14.9. The average Bonchev–Trinajstić information content (AvgIpc) is 2.03. The van der Waals surface area contributed by atoms with Gasteiger partial charge in [0.25, 0.3) is 0 Å². The summed E-state index contributed by atoms with van der Waals surface area (Å²) in [5.41, 5.74) is 0. The van der Waals surface area contributed by atoms with E-state index in [0.717, 1.165) is 12.8 Å². The molecule has 1 aliphatic carbocycles. The number of hydrogen-bond donors (Lipinski definition) is 0. The van der Waals surface area contributed by atoms with Gasteiger partial charge in [-0.3, -0.25) is 0 Å². The van der Waals surface area contributed by atoms with Gasteiger partial charge in [0.05, 0.1) is 10.1 Å². The summed E-state index contributed by atoms with van der Waals surface area (Å²) >= 11 is 0. The molecule has 1 aliphatic rings. The zero-order valence-electron chi connectivity index (χ0n) is 9.19. The fourth-order valence-corrected chi connectivity index (χ4v) is 2.89. The normalized spacial score (nSPS) is 28.6. The van der Waals surface area contributed by atoms with Crippen LogP contribution in [0.15, 0.2) is 0 Å². The minimum Gasteiger partial charge on any atom is -0.748 e. The van der Waals surface area contributed by atoms with Gasteiger partial charge >= 0.3 is 29.6 Å². The minimum absolute atomic E-state index is 0. The molecule has 0 spiro atoms. The molecule has 14 heavy (non-hydrogen) atoms. The molecule has 0 aliphatic heterocycles. The molecule has 5 heteroatoms. The van der Waals surface area contributed by atoms with Crippen LogP contribution in [0.25, 0.3) is 0 Å². The van der Waals surface area contributed by atoms with E-state index in [9.17, 15) is 13.0 Å². The Balaban J connectivity index is 0.00000169. The summed E-state index contributed by atoms with van der Waals surface area (Å²) in [7, 11) is -4.03. The van der Waals surface area contributed by atoms with Gasteiger partial charge in [0, 0.05) is 5.25 Å². The van der Waals surface area contributed by atoms with Crippen molar-refractivity contribution >= 4 is 10.1 Å². The quantitative estimate of drug-likeness (QED) is 0.438. The molecule has 0 N–H and O–H groups in total. The van der Waals surface area contributed by atoms with Gasteiger partial charge in [-0.05, 0) is 37.5 Å². The summed E-state index contributed by atoms with van der Waals surface area (Å²) in [5, 5.41) is -0.609. The molecule has 0 unspecified atom stereocenters. The molecule has 0 heterocycles. The van der Waals surface area contributed by atoms with Crippen molar-refractivity contribution in [3.05, 3.63) is 0 Å². The molecular weight excluding hydrogens is 211 g/mol. The third-order valence-corrected chi connectivity index (χ3v) is 4.36. The van der Waals surface area contributed by atoms with Crippen molar-refractivity contribution in [1.82, 2.24) is 0 Å². The monoisotopic (exact) mass is 228 g/mol. The van der Waals surface area contributed by atoms with Crippen LogP contribution in [0.4, 0.5) is 0 Å². The first-order valence-corrected chi connectivity index (χ1v) is 6.33. The molecule has 3 nitrogen and oxygen atoms in total. The van der Waals surface area contributed by atoms with Crippen LogP contribution >= 0.6 is 0 Å². The van der Waals surface area contributed by atoms with Gasteiger partial charge in [0.1, 0.15) is 0 Å². The van der Waals surface area contributed by atoms with Crippen LogP contribution in [0, 0.1) is 11.8 Å². The van der Waals surface area contributed by atoms with Gasteiger partial charge in [-0.2, -0.15) is 0 Å². The first-order valence-electron chi connectivity index (χ1n) is 4.86. The van der Waals surface area contributed by atoms with Crippen molar-refractivity contribution in [2.45, 2.75) is 44.8 Å². The van der Waals surface area contributed by atoms with E-state index in [2.05, 4.69) is 13.8 Å². The van der Waals surface area contributed by atoms with Crippen LogP contribution in [0.3, 0.4) is 0 Å². The van der Waals surface area contributed by atoms with Crippen LogP contribution in [-0.2, 0) is 10.1 Å². The molecule has 0 aromatic rings. The predicted molar refractivity (Wildman–Crippen MR) is 50.3 cm³/mol. The molecule has 1 rings (SSSR count). The Morgan fingerprint density at radius 3 is 1.86 bits per heavy atom. The molecule has 0 bridgehead atoms. The molecule has 0 aromatic carbocycles. The Kier molecular flexibility index (Phi) is 6.23. The third kappa shape index (κ3) is 4.19. The van der Waals surface area contributed by atoms with Gasteiger partial charge in [-0.15, -0.1) is 0 Å². The van der Waals surface area contributed by atoms with Crippen LogP contribution in [0.2, 0.25) is 0 Å². The maximum Gasteiger partial charge on any atom is 1.00 e. The summed E-state index contributed by atoms with van der Waals surface area (Å²) < 4.78 is 32.1. The van der Waals surface area contributed by atoms with Crippen molar-refractivity contribution in [2.24, 2.45) is 11.8 Å². The Morgan fingerprint density at radius 2 is 1.57 bits per heavy atom. The topological polar surface area (TPSA) is 57.2 Å². The molecule has 0 saturated heterocycles. The van der Waals surface area contributed by atoms with E-state index in [1.54, 1.807) is 0 Å². The van der Waals surface area contributed by atoms with Crippen LogP contribution in [0.1, 0.15) is 39.5 Å². The first-order chi connectivity index (χ1) is 5.91. The largest absolute Gasteiger partial charge is 1.00 e. The third-order valence-electron chi connectivity index (χ3n) is 3.07. The van der Waals surface area contributed by atoms with E-state index < -0.39 is 15.4 Å². The van der Waals surface area contributed by atoms with Gasteiger partial charge in [0.2, 0.25) is 0 Å². The van der Waals surface area contributed by atoms with Crippen molar-refractivity contribution in [3.8, 4) is 0 Å². The second-order valence-corrected chi connectivity index (χ2v) is 5.93. The average molecular weight is 228 g/mol. The van der Waals surface area contributed by atoms with Crippen molar-refractivity contribution < 1.29 is 42.5 Å². The van der Waals surface area contributed by atoms with Gasteiger partial charge < -0.3 is 4.55 Å².